The largest absolute Gasteiger partial charge is 0.323 e. The van der Waals surface area contributed by atoms with E-state index >= 15 is 0 Å². The van der Waals surface area contributed by atoms with Crippen molar-refractivity contribution >= 4 is 35.0 Å². The van der Waals surface area contributed by atoms with Gasteiger partial charge in [0, 0.05) is 34.7 Å². The minimum atomic E-state index is 0.0887. The van der Waals surface area contributed by atoms with E-state index in [9.17, 15) is 0 Å². The summed E-state index contributed by atoms with van der Waals surface area (Å²) in [6.45, 7) is 0. The average molecular weight is 456 g/mol. The predicted molar refractivity (Wildman–Crippen MR) is 123 cm³/mol. The standard InChI is InChI=1S/C24H23Cl2N3S/c25-21-18(10-13-28-23(21)26)30-19-9-8-15(14-29-19)20-16-6-2-3-7-17(16)22(27)24(20)11-4-1-5-12-24/h2-3,6-10,13-14,20,22H,1,4-5,11-12,27H2. The van der Waals surface area contributed by atoms with Crippen LogP contribution in [0.15, 0.2) is 64.8 Å². The van der Waals surface area contributed by atoms with Gasteiger partial charge in [-0.25, -0.2) is 9.97 Å². The Labute approximate surface area is 191 Å². The van der Waals surface area contributed by atoms with Gasteiger partial charge >= 0.3 is 0 Å². The molecule has 1 saturated carbocycles. The van der Waals surface area contributed by atoms with Gasteiger partial charge in [-0.1, -0.05) is 84.6 Å². The van der Waals surface area contributed by atoms with Crippen LogP contribution in [0, 0.1) is 5.41 Å². The molecule has 1 aromatic carbocycles. The monoisotopic (exact) mass is 455 g/mol. The molecule has 30 heavy (non-hydrogen) atoms. The van der Waals surface area contributed by atoms with E-state index in [0.29, 0.717) is 16.1 Å². The molecule has 1 fully saturated rings. The molecule has 2 atom stereocenters. The first-order valence-corrected chi connectivity index (χ1v) is 12.0. The minimum Gasteiger partial charge on any atom is -0.323 e. The highest BCUT2D eigenvalue weighted by molar-refractivity contribution is 7.99. The number of nitrogens with two attached hydrogens (primary N) is 1. The molecule has 0 bridgehead atoms. The summed E-state index contributed by atoms with van der Waals surface area (Å²) in [5.74, 6) is 0.300. The van der Waals surface area contributed by atoms with Crippen LogP contribution in [0.25, 0.3) is 0 Å². The highest BCUT2D eigenvalue weighted by Gasteiger charge is 2.52. The molecule has 0 radical (unpaired) electrons. The van der Waals surface area contributed by atoms with Crippen LogP contribution < -0.4 is 5.73 Å². The van der Waals surface area contributed by atoms with E-state index in [1.165, 1.54) is 60.6 Å². The van der Waals surface area contributed by atoms with Gasteiger partial charge in [-0.2, -0.15) is 0 Å². The molecule has 2 aliphatic rings. The summed E-state index contributed by atoms with van der Waals surface area (Å²) in [6.07, 6.45) is 9.84. The van der Waals surface area contributed by atoms with Crippen molar-refractivity contribution in [3.8, 4) is 0 Å². The van der Waals surface area contributed by atoms with Gasteiger partial charge in [0.05, 0.1) is 5.02 Å². The molecule has 2 aromatic heterocycles. The quantitative estimate of drug-likeness (QED) is 0.430. The molecule has 5 rings (SSSR count). The van der Waals surface area contributed by atoms with Crippen molar-refractivity contribution < 1.29 is 0 Å². The summed E-state index contributed by atoms with van der Waals surface area (Å²) < 4.78 is 0. The lowest BCUT2D eigenvalue weighted by Gasteiger charge is -2.42. The van der Waals surface area contributed by atoms with Gasteiger partial charge in [-0.15, -0.1) is 0 Å². The Morgan fingerprint density at radius 1 is 0.933 bits per heavy atom. The molecular formula is C24H23Cl2N3S. The van der Waals surface area contributed by atoms with E-state index in [2.05, 4.69) is 41.4 Å². The number of halogens is 2. The van der Waals surface area contributed by atoms with Crippen molar-refractivity contribution in [1.29, 1.82) is 0 Å². The third-order valence-electron chi connectivity index (χ3n) is 6.74. The summed E-state index contributed by atoms with van der Waals surface area (Å²) >= 11 is 13.8. The molecule has 3 nitrogen and oxygen atoms in total. The molecule has 2 aliphatic carbocycles. The zero-order valence-electron chi connectivity index (χ0n) is 16.5. The van der Waals surface area contributed by atoms with Gasteiger partial charge in [0.1, 0.15) is 10.2 Å². The Kier molecular flexibility index (Phi) is 5.53. The smallest absolute Gasteiger partial charge is 0.148 e. The Hall–Kier alpha value is -1.59. The molecule has 0 amide bonds. The molecule has 2 heterocycles. The maximum atomic E-state index is 6.89. The first-order valence-electron chi connectivity index (χ1n) is 10.4. The number of benzene rings is 1. The third kappa shape index (κ3) is 3.34. The fraction of sp³-hybridized carbons (Fsp3) is 0.333. The van der Waals surface area contributed by atoms with Gasteiger partial charge in [0.25, 0.3) is 0 Å². The number of rotatable bonds is 3. The van der Waals surface area contributed by atoms with Crippen LogP contribution in [0.2, 0.25) is 10.2 Å². The lowest BCUT2D eigenvalue weighted by molar-refractivity contribution is 0.140. The van der Waals surface area contributed by atoms with Gasteiger partial charge in [-0.05, 0) is 41.7 Å². The fourth-order valence-electron chi connectivity index (χ4n) is 5.39. The molecule has 0 saturated heterocycles. The average Bonchev–Trinajstić information content (AvgIpc) is 3.01. The maximum absolute atomic E-state index is 6.89. The highest BCUT2D eigenvalue weighted by Crippen LogP contribution is 2.62. The molecule has 6 heteroatoms. The van der Waals surface area contributed by atoms with E-state index in [4.69, 9.17) is 33.9 Å². The number of aromatic nitrogens is 2. The molecule has 1 spiro atoms. The number of nitrogens with zero attached hydrogens (tertiary/aromatic N) is 2. The Bertz CT molecular complexity index is 1060. The van der Waals surface area contributed by atoms with Crippen molar-refractivity contribution in [1.82, 2.24) is 9.97 Å². The van der Waals surface area contributed by atoms with Gasteiger partial charge < -0.3 is 5.73 Å². The number of hydrogen-bond donors (Lipinski definition) is 1. The number of pyridine rings is 2. The van der Waals surface area contributed by atoms with Crippen LogP contribution in [-0.2, 0) is 0 Å². The van der Waals surface area contributed by atoms with Crippen molar-refractivity contribution in [2.45, 2.75) is 54.0 Å². The maximum Gasteiger partial charge on any atom is 0.148 e. The van der Waals surface area contributed by atoms with Crippen LogP contribution in [0.4, 0.5) is 0 Å². The molecule has 2 N–H and O–H groups in total. The normalized spacial score (nSPS) is 22.2. The molecule has 2 unspecified atom stereocenters. The Morgan fingerprint density at radius 2 is 1.70 bits per heavy atom. The number of hydrogen-bond acceptors (Lipinski definition) is 4. The second-order valence-corrected chi connectivity index (χ2v) is 10.1. The van der Waals surface area contributed by atoms with Crippen LogP contribution in [0.1, 0.15) is 60.8 Å². The van der Waals surface area contributed by atoms with Crippen molar-refractivity contribution in [2.75, 3.05) is 0 Å². The summed E-state index contributed by atoms with van der Waals surface area (Å²) in [5.41, 5.74) is 10.9. The summed E-state index contributed by atoms with van der Waals surface area (Å²) in [4.78, 5) is 9.63. The van der Waals surface area contributed by atoms with Crippen LogP contribution in [-0.4, -0.2) is 9.97 Å². The van der Waals surface area contributed by atoms with E-state index in [1.807, 2.05) is 12.3 Å². The molecule has 3 aromatic rings. The first kappa shape index (κ1) is 20.3. The van der Waals surface area contributed by atoms with Gasteiger partial charge in [0.15, 0.2) is 0 Å². The zero-order valence-corrected chi connectivity index (χ0v) is 18.9. The first-order chi connectivity index (χ1) is 14.6. The van der Waals surface area contributed by atoms with E-state index in [1.54, 1.807) is 6.20 Å². The van der Waals surface area contributed by atoms with Crippen molar-refractivity contribution in [3.63, 3.8) is 0 Å². The minimum absolute atomic E-state index is 0.0887. The zero-order chi connectivity index (χ0) is 20.7. The van der Waals surface area contributed by atoms with Crippen LogP contribution >= 0.6 is 35.0 Å². The SMILES string of the molecule is NC1c2ccccc2C(c2ccc(Sc3ccnc(Cl)c3Cl)nc2)C12CCCCC2. The van der Waals surface area contributed by atoms with Gasteiger partial charge in [-0.3, -0.25) is 0 Å². The number of fused-ring (bicyclic) bond motifs is 1. The highest BCUT2D eigenvalue weighted by atomic mass is 35.5. The second-order valence-electron chi connectivity index (χ2n) is 8.28. The fourth-order valence-corrected chi connectivity index (χ4v) is 6.62. The van der Waals surface area contributed by atoms with E-state index in [-0.39, 0.29) is 11.5 Å². The van der Waals surface area contributed by atoms with Gasteiger partial charge in [0.2, 0.25) is 0 Å². The lowest BCUT2D eigenvalue weighted by Crippen LogP contribution is -2.36. The lowest BCUT2D eigenvalue weighted by atomic mass is 9.63. The van der Waals surface area contributed by atoms with Crippen molar-refractivity contribution in [2.24, 2.45) is 11.1 Å². The Balaban J connectivity index is 1.50. The summed E-state index contributed by atoms with van der Waals surface area (Å²) in [6, 6.07) is 14.9. The van der Waals surface area contributed by atoms with Crippen LogP contribution in [0.5, 0.6) is 0 Å². The predicted octanol–water partition coefficient (Wildman–Crippen LogP) is 7.03. The molecule has 0 aliphatic heterocycles. The van der Waals surface area contributed by atoms with Crippen molar-refractivity contribution in [3.05, 3.63) is 81.7 Å². The second kappa shape index (κ2) is 8.16. The van der Waals surface area contributed by atoms with E-state index in [0.717, 1.165) is 9.92 Å². The van der Waals surface area contributed by atoms with E-state index < -0.39 is 0 Å². The topological polar surface area (TPSA) is 51.8 Å². The Morgan fingerprint density at radius 3 is 2.43 bits per heavy atom. The molecule has 154 valence electrons. The van der Waals surface area contributed by atoms with Crippen LogP contribution in [0.3, 0.4) is 0 Å². The summed E-state index contributed by atoms with van der Waals surface area (Å²) in [7, 11) is 0. The molecular weight excluding hydrogens is 433 g/mol. The third-order valence-corrected chi connectivity index (χ3v) is 8.63. The summed E-state index contributed by atoms with van der Waals surface area (Å²) in [5, 5.41) is 1.66.